The van der Waals surface area contributed by atoms with E-state index in [9.17, 15) is 0 Å². The summed E-state index contributed by atoms with van der Waals surface area (Å²) >= 11 is 5.80. The lowest BCUT2D eigenvalue weighted by atomic mass is 9.96. The third-order valence-electron chi connectivity index (χ3n) is 4.55. The molecule has 2 aromatic rings. The van der Waals surface area contributed by atoms with Crippen LogP contribution in [0.5, 0.6) is 0 Å². The number of rotatable bonds is 6. The summed E-state index contributed by atoms with van der Waals surface area (Å²) < 4.78 is 0. The molecule has 1 saturated carbocycles. The van der Waals surface area contributed by atoms with Crippen molar-refractivity contribution < 1.29 is 0 Å². The number of hydrogen-bond acceptors (Lipinski definition) is 2. The number of aromatic nitrogens is 1. The molecule has 2 N–H and O–H groups in total. The number of guanidine groups is 1. The molecule has 1 fully saturated rings. The first-order chi connectivity index (χ1) is 11.7. The fourth-order valence-corrected chi connectivity index (χ4v) is 2.97. The highest BCUT2D eigenvalue weighted by molar-refractivity contribution is 14.0. The van der Waals surface area contributed by atoms with Crippen LogP contribution in [-0.4, -0.2) is 31.1 Å². The summed E-state index contributed by atoms with van der Waals surface area (Å²) in [6, 6.07) is 14.6. The molecule has 1 heterocycles. The molecule has 0 radical (unpaired) electrons. The van der Waals surface area contributed by atoms with Gasteiger partial charge in [0.05, 0.1) is 0 Å². The zero-order valence-corrected chi connectivity index (χ0v) is 17.4. The lowest BCUT2D eigenvalue weighted by molar-refractivity contribution is 0.645. The number of halogens is 2. The van der Waals surface area contributed by atoms with Crippen LogP contribution in [0.4, 0.5) is 0 Å². The zero-order chi connectivity index (χ0) is 16.8. The van der Waals surface area contributed by atoms with Gasteiger partial charge in [-0.2, -0.15) is 0 Å². The standard InChI is InChI=1S/C19H23ClN4.HI/c1-21-18(22-12-9-15-7-8-17(20)23-13-15)24-14-19(10-11-19)16-5-3-2-4-6-16;/h2-8,13H,9-12,14H2,1H3,(H2,21,22,24);1H. The van der Waals surface area contributed by atoms with Gasteiger partial charge < -0.3 is 10.6 Å². The van der Waals surface area contributed by atoms with Crippen LogP contribution in [0, 0.1) is 0 Å². The van der Waals surface area contributed by atoms with Gasteiger partial charge >= 0.3 is 0 Å². The predicted molar refractivity (Wildman–Crippen MR) is 115 cm³/mol. The molecule has 1 aromatic heterocycles. The number of nitrogens with zero attached hydrogens (tertiary/aromatic N) is 2. The summed E-state index contributed by atoms with van der Waals surface area (Å²) in [5.74, 6) is 0.846. The smallest absolute Gasteiger partial charge is 0.191 e. The van der Waals surface area contributed by atoms with Crippen molar-refractivity contribution >= 4 is 41.5 Å². The summed E-state index contributed by atoms with van der Waals surface area (Å²) in [5, 5.41) is 7.36. The van der Waals surface area contributed by atoms with Gasteiger partial charge in [0.25, 0.3) is 0 Å². The average Bonchev–Trinajstić information content (AvgIpc) is 3.41. The Hall–Kier alpha value is -1.34. The maximum atomic E-state index is 5.80. The molecule has 1 aliphatic rings. The molecule has 0 bridgehead atoms. The Bertz CT molecular complexity index is 684. The van der Waals surface area contributed by atoms with Gasteiger partial charge in [-0.1, -0.05) is 48.0 Å². The molecule has 0 aliphatic heterocycles. The number of pyridine rings is 1. The summed E-state index contributed by atoms with van der Waals surface area (Å²) in [7, 11) is 1.81. The highest BCUT2D eigenvalue weighted by Gasteiger charge is 2.43. The molecule has 1 aliphatic carbocycles. The molecule has 0 spiro atoms. The monoisotopic (exact) mass is 470 g/mol. The Balaban J connectivity index is 0.00000225. The normalized spacial score (nSPS) is 15.2. The first-order valence-electron chi connectivity index (χ1n) is 8.32. The number of nitrogens with one attached hydrogen (secondary N) is 2. The SMILES string of the molecule is CN=C(NCCc1ccc(Cl)nc1)NCC1(c2ccccc2)CC1.I. The molecule has 0 atom stereocenters. The van der Waals surface area contributed by atoms with E-state index in [1.165, 1.54) is 18.4 Å². The molecule has 0 unspecified atom stereocenters. The highest BCUT2D eigenvalue weighted by atomic mass is 127. The Morgan fingerprint density at radius 1 is 1.16 bits per heavy atom. The van der Waals surface area contributed by atoms with Crippen LogP contribution in [0.3, 0.4) is 0 Å². The molecule has 4 nitrogen and oxygen atoms in total. The molecule has 134 valence electrons. The van der Waals surface area contributed by atoms with Crippen LogP contribution in [0.25, 0.3) is 0 Å². The van der Waals surface area contributed by atoms with Gasteiger partial charge in [0, 0.05) is 31.7 Å². The van der Waals surface area contributed by atoms with Crippen molar-refractivity contribution in [1.82, 2.24) is 15.6 Å². The number of benzene rings is 1. The van der Waals surface area contributed by atoms with Crippen molar-refractivity contribution in [1.29, 1.82) is 0 Å². The first-order valence-corrected chi connectivity index (χ1v) is 8.70. The number of hydrogen-bond donors (Lipinski definition) is 2. The van der Waals surface area contributed by atoms with E-state index in [1.54, 1.807) is 7.05 Å². The van der Waals surface area contributed by atoms with Crippen LogP contribution >= 0.6 is 35.6 Å². The quantitative estimate of drug-likeness (QED) is 0.292. The van der Waals surface area contributed by atoms with Crippen molar-refractivity contribution in [3.8, 4) is 0 Å². The number of aliphatic imine (C=N–C) groups is 1. The van der Waals surface area contributed by atoms with E-state index in [-0.39, 0.29) is 29.4 Å². The molecule has 0 saturated heterocycles. The van der Waals surface area contributed by atoms with Crippen LogP contribution in [0.15, 0.2) is 53.7 Å². The van der Waals surface area contributed by atoms with Gasteiger partial charge in [-0.15, -0.1) is 24.0 Å². The zero-order valence-electron chi connectivity index (χ0n) is 14.3. The highest BCUT2D eigenvalue weighted by Crippen LogP contribution is 2.47. The van der Waals surface area contributed by atoms with E-state index in [4.69, 9.17) is 11.6 Å². The van der Waals surface area contributed by atoms with E-state index >= 15 is 0 Å². The minimum absolute atomic E-state index is 0. The van der Waals surface area contributed by atoms with Gasteiger partial charge in [-0.05, 0) is 36.5 Å². The fourth-order valence-electron chi connectivity index (χ4n) is 2.86. The topological polar surface area (TPSA) is 49.3 Å². The molecular weight excluding hydrogens is 447 g/mol. The van der Waals surface area contributed by atoms with Crippen molar-refractivity contribution in [3.63, 3.8) is 0 Å². The lowest BCUT2D eigenvalue weighted by Crippen LogP contribution is -2.41. The Morgan fingerprint density at radius 2 is 1.92 bits per heavy atom. The maximum Gasteiger partial charge on any atom is 0.191 e. The molecule has 3 rings (SSSR count). The van der Waals surface area contributed by atoms with Crippen LogP contribution < -0.4 is 10.6 Å². The Morgan fingerprint density at radius 3 is 2.52 bits per heavy atom. The second-order valence-corrected chi connectivity index (χ2v) is 6.63. The first kappa shape index (κ1) is 20.0. The van der Waals surface area contributed by atoms with E-state index in [2.05, 4.69) is 50.9 Å². The van der Waals surface area contributed by atoms with Crippen LogP contribution in [0.1, 0.15) is 24.0 Å². The maximum absolute atomic E-state index is 5.80. The summed E-state index contributed by atoms with van der Waals surface area (Å²) in [6.45, 7) is 1.72. The second-order valence-electron chi connectivity index (χ2n) is 6.24. The summed E-state index contributed by atoms with van der Waals surface area (Å²) in [6.07, 6.45) is 5.17. The third-order valence-corrected chi connectivity index (χ3v) is 4.78. The molecule has 0 amide bonds. The summed E-state index contributed by atoms with van der Waals surface area (Å²) in [4.78, 5) is 8.41. The molecule has 6 heteroatoms. The minimum atomic E-state index is 0. The van der Waals surface area contributed by atoms with Gasteiger partial charge in [-0.25, -0.2) is 4.98 Å². The van der Waals surface area contributed by atoms with Crippen molar-refractivity contribution in [2.45, 2.75) is 24.7 Å². The average molecular weight is 471 g/mol. The van der Waals surface area contributed by atoms with E-state index in [1.807, 2.05) is 18.3 Å². The Labute approximate surface area is 171 Å². The largest absolute Gasteiger partial charge is 0.356 e. The van der Waals surface area contributed by atoms with E-state index in [0.717, 1.165) is 31.0 Å². The van der Waals surface area contributed by atoms with Gasteiger partial charge in [0.15, 0.2) is 5.96 Å². The van der Waals surface area contributed by atoms with Crippen LogP contribution in [0.2, 0.25) is 5.15 Å². The summed E-state index contributed by atoms with van der Waals surface area (Å²) in [5.41, 5.74) is 2.85. The van der Waals surface area contributed by atoms with Crippen LogP contribution in [-0.2, 0) is 11.8 Å². The van der Waals surface area contributed by atoms with Crippen molar-refractivity contribution in [2.24, 2.45) is 4.99 Å². The van der Waals surface area contributed by atoms with Gasteiger partial charge in [-0.3, -0.25) is 4.99 Å². The second kappa shape index (κ2) is 9.38. The van der Waals surface area contributed by atoms with Gasteiger partial charge in [0.2, 0.25) is 0 Å². The van der Waals surface area contributed by atoms with Crippen molar-refractivity contribution in [2.75, 3.05) is 20.1 Å². The fraction of sp³-hybridized carbons (Fsp3) is 0.368. The van der Waals surface area contributed by atoms with E-state index < -0.39 is 0 Å². The van der Waals surface area contributed by atoms with Gasteiger partial charge in [0.1, 0.15) is 5.15 Å². The Kier molecular flexibility index (Phi) is 7.50. The van der Waals surface area contributed by atoms with E-state index in [0.29, 0.717) is 5.15 Å². The molecule has 1 aromatic carbocycles. The van der Waals surface area contributed by atoms with Crippen molar-refractivity contribution in [3.05, 3.63) is 64.9 Å². The molecule has 25 heavy (non-hydrogen) atoms. The minimum Gasteiger partial charge on any atom is -0.356 e. The third kappa shape index (κ3) is 5.57. The molecular formula is C19H24ClIN4. The predicted octanol–water partition coefficient (Wildman–Crippen LogP) is 3.79. The lowest BCUT2D eigenvalue weighted by Gasteiger charge is -2.19.